The zero-order valence-electron chi connectivity index (χ0n) is 51.0. The normalized spacial score (nSPS) is 22.1. The second-order valence-corrected chi connectivity index (χ2v) is 30.6. The number of ether oxygens (including phenoxy) is 2. The summed E-state index contributed by atoms with van der Waals surface area (Å²) >= 11 is 0. The largest absolute Gasteiger partial charge is 0.540 e. The number of piperidine rings is 1. The SMILES string of the molecule is [2H]C([2H])([2H])N1CC/C(=C\F)[C@](C)(C([2H])([2H])Oc2nc(N3C[C@H]4CC[C@@H](C3)N4C(=O)OC(C)(C)C)c3cnc(-c4cc(O[Si]C(C(C)C)(C(C)C)C(C)C)cc5ccc(F)c(C#C[Si](C(C)C)(C(C)C)C(C)C)c45)c(F)c3n2)C1. The summed E-state index contributed by atoms with van der Waals surface area (Å²) in [6, 6.07) is 5.32. The van der Waals surface area contributed by atoms with E-state index in [-0.39, 0.29) is 133 Å². The third-order valence-corrected chi connectivity index (χ3v) is 24.9. The summed E-state index contributed by atoms with van der Waals surface area (Å²) in [4.78, 5) is 32.6. The molecule has 3 fully saturated rings. The lowest BCUT2D eigenvalue weighted by Gasteiger charge is -2.43. The van der Waals surface area contributed by atoms with Gasteiger partial charge in [-0.1, -0.05) is 102 Å². The van der Waals surface area contributed by atoms with Crippen molar-refractivity contribution in [2.24, 2.45) is 23.2 Å². The Bertz CT molecular complexity index is 2940. The maximum atomic E-state index is 18.5. The van der Waals surface area contributed by atoms with Gasteiger partial charge in [-0.15, -0.1) is 5.54 Å². The van der Waals surface area contributed by atoms with E-state index in [9.17, 15) is 11.9 Å². The van der Waals surface area contributed by atoms with Gasteiger partial charge in [0, 0.05) is 57.9 Å². The molecule has 3 atom stereocenters. The van der Waals surface area contributed by atoms with Crippen LogP contribution in [0, 0.1) is 46.3 Å². The molecule has 10 nitrogen and oxygen atoms in total. The summed E-state index contributed by atoms with van der Waals surface area (Å²) in [5, 5.41) is 0.805. The predicted octanol–water partition coefficient (Wildman–Crippen LogP) is 14.0. The number of hydrogen-bond donors (Lipinski definition) is 0. The van der Waals surface area contributed by atoms with Crippen molar-refractivity contribution in [1.82, 2.24) is 24.8 Å². The van der Waals surface area contributed by atoms with Crippen LogP contribution >= 0.6 is 0 Å². The van der Waals surface area contributed by atoms with E-state index in [4.69, 9.17) is 28.0 Å². The van der Waals surface area contributed by atoms with Crippen molar-refractivity contribution in [3.05, 3.63) is 59.6 Å². The van der Waals surface area contributed by atoms with Crippen molar-refractivity contribution in [2.75, 3.05) is 44.6 Å². The molecule has 0 unspecified atom stereocenters. The second-order valence-electron chi connectivity index (χ2n) is 23.8. The van der Waals surface area contributed by atoms with Crippen LogP contribution in [0.3, 0.4) is 0 Å². The quantitative estimate of drug-likeness (QED) is 0.0904. The van der Waals surface area contributed by atoms with Crippen molar-refractivity contribution in [3.63, 3.8) is 0 Å². The minimum absolute atomic E-state index is 0.00633. The van der Waals surface area contributed by atoms with Gasteiger partial charge in [-0.05, 0) is 111 Å². The van der Waals surface area contributed by atoms with E-state index < -0.39 is 62.9 Å². The van der Waals surface area contributed by atoms with Gasteiger partial charge < -0.3 is 23.7 Å². The van der Waals surface area contributed by atoms with Gasteiger partial charge in [-0.25, -0.2) is 18.0 Å². The monoisotopic (exact) mass is 1040 g/mol. The molecule has 2 aromatic carbocycles. The van der Waals surface area contributed by atoms with Gasteiger partial charge in [0.1, 0.15) is 48.8 Å². The van der Waals surface area contributed by atoms with Gasteiger partial charge in [-0.3, -0.25) is 9.88 Å². The summed E-state index contributed by atoms with van der Waals surface area (Å²) in [6.45, 7) is 27.6. The minimum atomic E-state index is -2.87. The van der Waals surface area contributed by atoms with E-state index in [2.05, 4.69) is 99.5 Å². The lowest BCUT2D eigenvalue weighted by molar-refractivity contribution is 0.0122. The fourth-order valence-corrected chi connectivity index (χ4v) is 18.9. The third-order valence-electron chi connectivity index (χ3n) is 16.2. The Labute approximate surface area is 444 Å². The van der Waals surface area contributed by atoms with Crippen LogP contribution in [0.15, 0.2) is 42.4 Å². The number of rotatable bonds is 14. The number of halogens is 3. The molecule has 0 spiro atoms. The predicted molar refractivity (Wildman–Crippen MR) is 294 cm³/mol. The molecule has 2 aromatic heterocycles. The zero-order valence-corrected chi connectivity index (χ0v) is 48.0. The van der Waals surface area contributed by atoms with Crippen LogP contribution in [-0.2, 0) is 4.74 Å². The van der Waals surface area contributed by atoms with Crippen LogP contribution in [0.2, 0.25) is 21.7 Å². The standard InChI is InChI=1S/C58H81F3N6O4Si2/c1-34(2)58(35(3)4,36(5)6)72-71-44-26-40-18-21-48(60)45(23-25-73(37(7)8,38(9)10)39(11)12)49(40)46(27-44)51-50(61)52-47(29-62-51)53(64-54(63-52)69-33-57(16)32-65(17)24-22-41(57)28-59)66-30-42-19-20-43(31-66)67(42)55(68)70-56(13,14)15/h18,21,26-29,34-39,42-43H,19-20,22,24,30-33H2,1-17H3/b41-28+/t42-,43+,57-/m0/s1/i17D3,33D2. The zero-order chi connectivity index (χ0) is 58.0. The topological polar surface area (TPSA) is 93.2 Å². The van der Waals surface area contributed by atoms with E-state index in [1.165, 1.54) is 19.2 Å². The fourth-order valence-electron chi connectivity index (χ4n) is 12.6. The summed E-state index contributed by atoms with van der Waals surface area (Å²) in [6.07, 6.45) is 2.49. The molecule has 4 aromatic rings. The van der Waals surface area contributed by atoms with Crippen LogP contribution in [0.4, 0.5) is 23.8 Å². The Morgan fingerprint density at radius 1 is 0.973 bits per heavy atom. The molecular formula is C58H81F3N6O4Si2. The van der Waals surface area contributed by atoms with E-state index in [1.807, 2.05) is 11.0 Å². The van der Waals surface area contributed by atoms with Gasteiger partial charge in [0.25, 0.3) is 0 Å². The highest BCUT2D eigenvalue weighted by molar-refractivity contribution is 6.90. The van der Waals surface area contributed by atoms with Gasteiger partial charge in [-0.2, -0.15) is 9.97 Å². The van der Waals surface area contributed by atoms with Crippen LogP contribution in [0.25, 0.3) is 32.9 Å². The highest BCUT2D eigenvalue weighted by atomic mass is 28.3. The van der Waals surface area contributed by atoms with Crippen molar-refractivity contribution < 1.29 is 38.7 Å². The number of carbonyl (C=O) groups is 1. The number of amides is 1. The molecular weight excluding hydrogens is 958 g/mol. The average molecular weight is 1040 g/mol. The Morgan fingerprint density at radius 3 is 2.16 bits per heavy atom. The number of aromatic nitrogens is 3. The Hall–Kier alpha value is -4.66. The number of likely N-dealkylation sites (tertiary alicyclic amines) is 1. The lowest BCUT2D eigenvalue weighted by Crippen LogP contribution is -2.57. The van der Waals surface area contributed by atoms with E-state index in [1.54, 1.807) is 37.8 Å². The molecule has 3 aliphatic heterocycles. The van der Waals surface area contributed by atoms with Gasteiger partial charge in [0.15, 0.2) is 5.82 Å². The van der Waals surface area contributed by atoms with Crippen molar-refractivity contribution in [1.29, 1.82) is 0 Å². The first-order valence-electron chi connectivity index (χ1n) is 28.7. The first-order chi connectivity index (χ1) is 36.1. The molecule has 0 saturated carbocycles. The highest BCUT2D eigenvalue weighted by Gasteiger charge is 2.47. The summed E-state index contributed by atoms with van der Waals surface area (Å²) in [7, 11) is -2.45. The van der Waals surface area contributed by atoms with Crippen molar-refractivity contribution in [3.8, 4) is 34.5 Å². The van der Waals surface area contributed by atoms with Crippen LogP contribution in [0.5, 0.6) is 11.8 Å². The molecule has 3 aliphatic rings. The number of hydrogen-bond acceptors (Lipinski definition) is 9. The molecule has 5 heterocycles. The van der Waals surface area contributed by atoms with Crippen LogP contribution in [-0.4, -0.2) is 106 Å². The summed E-state index contributed by atoms with van der Waals surface area (Å²) < 4.78 is 112. The maximum absolute atomic E-state index is 18.5. The highest BCUT2D eigenvalue weighted by Crippen LogP contribution is 2.50. The fraction of sp³-hybridized carbons (Fsp3) is 0.621. The summed E-state index contributed by atoms with van der Waals surface area (Å²) in [5.74, 6) is 3.13. The number of fused-ring (bicyclic) bond motifs is 4. The molecule has 7 rings (SSSR count). The average Bonchev–Trinajstić information content (AvgIpc) is 3.69. The smallest absolute Gasteiger partial charge is 0.410 e. The van der Waals surface area contributed by atoms with Crippen LogP contribution in [0.1, 0.15) is 142 Å². The number of nitrogens with zero attached hydrogens (tertiary/aromatic N) is 6. The number of benzene rings is 2. The molecule has 0 aliphatic carbocycles. The van der Waals surface area contributed by atoms with Crippen molar-refractivity contribution in [2.45, 2.75) is 169 Å². The molecule has 73 heavy (non-hydrogen) atoms. The van der Waals surface area contributed by atoms with Crippen molar-refractivity contribution >= 4 is 51.4 Å². The lowest BCUT2D eigenvalue weighted by atomic mass is 9.76. The number of carbonyl (C=O) groups excluding carboxylic acids is 1. The van der Waals surface area contributed by atoms with E-state index >= 15 is 8.78 Å². The molecule has 0 N–H and O–H groups in total. The Balaban J connectivity index is 1.49. The molecule has 2 radical (unpaired) electrons. The molecule has 3 saturated heterocycles. The van der Waals surface area contributed by atoms with Gasteiger partial charge >= 0.3 is 21.9 Å². The van der Waals surface area contributed by atoms with E-state index in [0.717, 1.165) is 4.90 Å². The summed E-state index contributed by atoms with van der Waals surface area (Å²) in [5.41, 5.74) is 1.55. The molecule has 396 valence electrons. The second kappa shape index (κ2) is 21.5. The minimum Gasteiger partial charge on any atom is -0.540 e. The molecule has 1 amide bonds. The first-order valence-corrected chi connectivity index (χ1v) is 29.4. The molecule has 2 bridgehead atoms. The van der Waals surface area contributed by atoms with Gasteiger partial charge in [0.05, 0.1) is 32.1 Å². The van der Waals surface area contributed by atoms with Gasteiger partial charge in [0.2, 0.25) is 0 Å². The first kappa shape index (κ1) is 49.2. The number of pyridine rings is 1. The van der Waals surface area contributed by atoms with Crippen LogP contribution < -0.4 is 14.1 Å². The Kier molecular flexibility index (Phi) is 14.5. The maximum Gasteiger partial charge on any atom is 0.410 e. The number of piperazine rings is 1. The number of anilines is 1. The van der Waals surface area contributed by atoms with E-state index in [0.29, 0.717) is 29.4 Å². The Morgan fingerprint density at radius 2 is 1.60 bits per heavy atom. The molecule has 15 heteroatoms. The third kappa shape index (κ3) is 10.8.